The van der Waals surface area contributed by atoms with Crippen molar-refractivity contribution in [1.29, 1.82) is 0 Å². The van der Waals surface area contributed by atoms with Crippen molar-refractivity contribution < 1.29 is 24.4 Å². The molecule has 0 bridgehead atoms. The molecule has 3 rings (SSSR count). The van der Waals surface area contributed by atoms with Crippen LogP contribution in [-0.4, -0.2) is 55.3 Å². The molecular weight excluding hydrogens is 329 g/mol. The van der Waals surface area contributed by atoms with E-state index >= 15 is 0 Å². The molecule has 0 fully saturated rings. The van der Waals surface area contributed by atoms with Crippen LogP contribution in [-0.2, 0) is 24.2 Å². The number of carboxylic acids is 1. The Kier molecular flexibility index (Phi) is 4.66. The Labute approximate surface area is 142 Å². The quantitative estimate of drug-likeness (QED) is 0.591. The molecule has 0 radical (unpaired) electrons. The molecule has 0 aliphatic carbocycles. The maximum atomic E-state index is 12.2. The Morgan fingerprint density at radius 3 is 3.00 bits per heavy atom. The highest BCUT2D eigenvalue weighted by molar-refractivity contribution is 6.47. The Hall–Kier alpha value is -2.95. The number of amides is 1. The van der Waals surface area contributed by atoms with E-state index in [9.17, 15) is 19.7 Å². The lowest BCUT2D eigenvalue weighted by Crippen LogP contribution is -2.53. The van der Waals surface area contributed by atoms with Crippen LogP contribution >= 0.6 is 0 Å². The molecule has 0 spiro atoms. The summed E-state index contributed by atoms with van der Waals surface area (Å²) in [5.74, 6) is -1.66. The summed E-state index contributed by atoms with van der Waals surface area (Å²) in [5.41, 5.74) is 0.581. The molecule has 0 unspecified atom stereocenters. The van der Waals surface area contributed by atoms with Crippen molar-refractivity contribution in [3.63, 3.8) is 0 Å². The van der Waals surface area contributed by atoms with Crippen LogP contribution in [0.1, 0.15) is 28.7 Å². The average molecular weight is 345 g/mol. The summed E-state index contributed by atoms with van der Waals surface area (Å²) < 4.78 is 6.83. The Balaban J connectivity index is 1.71. The van der Waals surface area contributed by atoms with Gasteiger partial charge >= 0.3 is 13.1 Å². The number of carboxylic acid groups (broad SMARTS) is 1. The van der Waals surface area contributed by atoms with Crippen LogP contribution in [0.2, 0.25) is 0 Å². The van der Waals surface area contributed by atoms with Crippen molar-refractivity contribution in [3.8, 4) is 5.75 Å². The van der Waals surface area contributed by atoms with E-state index in [1.807, 2.05) is 6.92 Å². The van der Waals surface area contributed by atoms with Gasteiger partial charge in [-0.15, -0.1) is 5.10 Å². The normalized spacial score (nSPS) is 16.1. The maximum Gasteiger partial charge on any atom is 0.547 e. The Morgan fingerprint density at radius 2 is 2.28 bits per heavy atom. The lowest BCUT2D eigenvalue weighted by atomic mass is 9.72. The number of hydrogen-bond acceptors (Lipinski definition) is 7. The van der Waals surface area contributed by atoms with Crippen LogP contribution in [0, 0.1) is 0 Å². The highest BCUT2D eigenvalue weighted by atomic mass is 16.5. The number of benzene rings is 1. The summed E-state index contributed by atoms with van der Waals surface area (Å²) in [5, 5.41) is 33.0. The minimum atomic E-state index is -1.35. The van der Waals surface area contributed by atoms with Gasteiger partial charge in [-0.05, 0) is 35.4 Å². The second-order valence-electron chi connectivity index (χ2n) is 5.57. The third-order valence-corrected chi connectivity index (χ3v) is 3.92. The molecule has 2 heterocycles. The SMILES string of the molecule is CCn1nnnc1CC(=O)N[C@H]1Cc2cccc(C(=O)O)c2OB1O. The fraction of sp³-hybridized carbons (Fsp3) is 0.357. The van der Waals surface area contributed by atoms with Gasteiger partial charge in [-0.1, -0.05) is 12.1 Å². The number of para-hydroxylation sites is 1. The first-order valence-electron chi connectivity index (χ1n) is 7.74. The van der Waals surface area contributed by atoms with Crippen molar-refractivity contribution in [2.24, 2.45) is 0 Å². The molecular formula is C14H16BN5O5. The van der Waals surface area contributed by atoms with Gasteiger partial charge in [0.05, 0.1) is 17.9 Å². The molecule has 1 aliphatic heterocycles. The predicted octanol–water partition coefficient (Wildman–Crippen LogP) is -0.927. The minimum absolute atomic E-state index is 0.0246. The number of aryl methyl sites for hydroxylation is 1. The van der Waals surface area contributed by atoms with Gasteiger partial charge in [-0.3, -0.25) is 4.79 Å². The molecule has 130 valence electrons. The van der Waals surface area contributed by atoms with Crippen LogP contribution in [0.25, 0.3) is 0 Å². The van der Waals surface area contributed by atoms with Gasteiger partial charge in [0, 0.05) is 6.54 Å². The van der Waals surface area contributed by atoms with Gasteiger partial charge in [0.15, 0.2) is 5.82 Å². The Bertz CT molecular complexity index is 811. The number of hydrogen-bond donors (Lipinski definition) is 3. The largest absolute Gasteiger partial charge is 0.547 e. The van der Waals surface area contributed by atoms with Crippen LogP contribution in [0.4, 0.5) is 0 Å². The van der Waals surface area contributed by atoms with E-state index in [4.69, 9.17) is 4.65 Å². The first-order valence-corrected chi connectivity index (χ1v) is 7.74. The molecule has 25 heavy (non-hydrogen) atoms. The number of tetrazole rings is 1. The second kappa shape index (κ2) is 6.89. The van der Waals surface area contributed by atoms with Crippen molar-refractivity contribution in [3.05, 3.63) is 35.2 Å². The molecule has 1 aliphatic rings. The van der Waals surface area contributed by atoms with Crippen LogP contribution in [0.15, 0.2) is 18.2 Å². The number of aromatic carboxylic acids is 1. The zero-order chi connectivity index (χ0) is 18.0. The second-order valence-corrected chi connectivity index (χ2v) is 5.57. The van der Waals surface area contributed by atoms with Gasteiger partial charge in [0.2, 0.25) is 5.91 Å². The van der Waals surface area contributed by atoms with Crippen molar-refractivity contribution >= 4 is 19.0 Å². The zero-order valence-corrected chi connectivity index (χ0v) is 13.4. The van der Waals surface area contributed by atoms with Gasteiger partial charge in [-0.25, -0.2) is 9.48 Å². The molecule has 1 aromatic heterocycles. The summed E-state index contributed by atoms with van der Waals surface area (Å²) in [6.07, 6.45) is 0.216. The van der Waals surface area contributed by atoms with E-state index in [0.717, 1.165) is 0 Å². The predicted molar refractivity (Wildman–Crippen MR) is 84.8 cm³/mol. The summed E-state index contributed by atoms with van der Waals surface area (Å²) in [6, 6.07) is 4.69. The highest BCUT2D eigenvalue weighted by Crippen LogP contribution is 2.30. The van der Waals surface area contributed by atoms with Gasteiger partial charge in [0.1, 0.15) is 5.75 Å². The third kappa shape index (κ3) is 3.45. The molecule has 1 atom stereocenters. The summed E-state index contributed by atoms with van der Waals surface area (Å²) in [6.45, 7) is 2.39. The molecule has 1 amide bonds. The van der Waals surface area contributed by atoms with Crippen molar-refractivity contribution in [2.75, 3.05) is 0 Å². The van der Waals surface area contributed by atoms with Crippen LogP contribution in [0.5, 0.6) is 5.75 Å². The monoisotopic (exact) mass is 345 g/mol. The third-order valence-electron chi connectivity index (χ3n) is 3.92. The molecule has 0 saturated heterocycles. The van der Waals surface area contributed by atoms with Crippen molar-refractivity contribution in [2.45, 2.75) is 32.3 Å². The topological polar surface area (TPSA) is 139 Å². The highest BCUT2D eigenvalue weighted by Gasteiger charge is 2.37. The number of aromatic nitrogens is 4. The molecule has 1 aromatic carbocycles. The fourth-order valence-corrected chi connectivity index (χ4v) is 2.71. The molecule has 3 N–H and O–H groups in total. The average Bonchev–Trinajstić information content (AvgIpc) is 3.01. The minimum Gasteiger partial charge on any atom is -0.534 e. The van der Waals surface area contributed by atoms with E-state index in [2.05, 4.69) is 20.8 Å². The van der Waals surface area contributed by atoms with Gasteiger partial charge in [0.25, 0.3) is 0 Å². The van der Waals surface area contributed by atoms with E-state index in [-0.39, 0.29) is 30.1 Å². The molecule has 10 nitrogen and oxygen atoms in total. The summed E-state index contributed by atoms with van der Waals surface area (Å²) in [4.78, 5) is 23.4. The fourth-order valence-electron chi connectivity index (χ4n) is 2.71. The Morgan fingerprint density at radius 1 is 1.48 bits per heavy atom. The first-order chi connectivity index (χ1) is 12.0. The molecule has 11 heteroatoms. The van der Waals surface area contributed by atoms with E-state index in [1.54, 1.807) is 12.1 Å². The molecule has 0 saturated carbocycles. The number of rotatable bonds is 5. The maximum absolute atomic E-state index is 12.2. The summed E-state index contributed by atoms with van der Waals surface area (Å²) >= 11 is 0. The van der Waals surface area contributed by atoms with Crippen LogP contribution in [0.3, 0.4) is 0 Å². The smallest absolute Gasteiger partial charge is 0.534 e. The zero-order valence-electron chi connectivity index (χ0n) is 13.4. The number of fused-ring (bicyclic) bond motifs is 1. The van der Waals surface area contributed by atoms with Crippen LogP contribution < -0.4 is 9.97 Å². The number of nitrogens with one attached hydrogen (secondary N) is 1. The lowest BCUT2D eigenvalue weighted by Gasteiger charge is -2.28. The van der Waals surface area contributed by atoms with E-state index in [1.165, 1.54) is 10.7 Å². The van der Waals surface area contributed by atoms with Crippen molar-refractivity contribution in [1.82, 2.24) is 25.5 Å². The van der Waals surface area contributed by atoms with E-state index < -0.39 is 19.0 Å². The number of carbonyl (C=O) groups excluding carboxylic acids is 1. The van der Waals surface area contributed by atoms with Gasteiger partial charge in [-0.2, -0.15) is 0 Å². The number of nitrogens with zero attached hydrogens (tertiary/aromatic N) is 4. The molecule has 2 aromatic rings. The standard InChI is InChI=1S/C14H16BN5O5/c1-2-20-11(17-18-19-20)7-12(21)16-10-6-8-4-3-5-9(14(22)23)13(8)25-15(10)24/h3-5,10,24H,2,6-7H2,1H3,(H,16,21)(H,22,23)/t10-/m0/s1. The van der Waals surface area contributed by atoms with Gasteiger partial charge < -0.3 is 20.1 Å². The first kappa shape index (κ1) is 16.9. The number of carbonyl (C=O) groups is 2. The summed E-state index contributed by atoms with van der Waals surface area (Å²) in [7, 11) is -1.35. The lowest BCUT2D eigenvalue weighted by molar-refractivity contribution is -0.121. The van der Waals surface area contributed by atoms with E-state index in [0.29, 0.717) is 17.9 Å².